The van der Waals surface area contributed by atoms with E-state index in [0.717, 1.165) is 24.7 Å². The molecule has 0 aliphatic heterocycles. The Morgan fingerprint density at radius 1 is 1.25 bits per heavy atom. The molecule has 88 valence electrons. The number of benzene rings is 1. The van der Waals surface area contributed by atoms with E-state index < -0.39 is 0 Å². The van der Waals surface area contributed by atoms with E-state index >= 15 is 0 Å². The quantitative estimate of drug-likeness (QED) is 0.826. The maximum atomic E-state index is 5.84. The topological polar surface area (TPSA) is 35.2 Å². The van der Waals surface area contributed by atoms with Crippen LogP contribution in [0.2, 0.25) is 0 Å². The molecule has 0 spiro atoms. The lowest BCUT2D eigenvalue weighted by atomic mass is 10.0. The van der Waals surface area contributed by atoms with Gasteiger partial charge in [0, 0.05) is 0 Å². The van der Waals surface area contributed by atoms with Crippen LogP contribution >= 0.6 is 0 Å². The van der Waals surface area contributed by atoms with Crippen molar-refractivity contribution in [2.45, 2.75) is 33.1 Å². The minimum Gasteiger partial charge on any atom is -0.493 e. The van der Waals surface area contributed by atoms with Gasteiger partial charge in [-0.3, -0.25) is 0 Å². The second-order valence-electron chi connectivity index (χ2n) is 4.84. The van der Waals surface area contributed by atoms with E-state index in [1.54, 1.807) is 0 Å². The lowest BCUT2D eigenvalue weighted by Crippen LogP contribution is -2.06. The molecule has 0 atom stereocenters. The molecule has 2 nitrogen and oxygen atoms in total. The first-order chi connectivity index (χ1) is 7.70. The van der Waals surface area contributed by atoms with Crippen LogP contribution in [0.25, 0.3) is 0 Å². The van der Waals surface area contributed by atoms with Crippen molar-refractivity contribution in [1.29, 1.82) is 0 Å². The van der Waals surface area contributed by atoms with Gasteiger partial charge in [-0.2, -0.15) is 0 Å². The molecule has 2 rings (SSSR count). The highest BCUT2D eigenvalue weighted by Crippen LogP contribution is 2.31. The maximum Gasteiger partial charge on any atom is 0.122 e. The summed E-state index contributed by atoms with van der Waals surface area (Å²) < 4.78 is 5.84. The average Bonchev–Trinajstić information content (AvgIpc) is 3.05. The fraction of sp³-hybridized carbons (Fsp3) is 0.571. The standard InChI is InChI=1S/C14H21NO/c1-10-8-14(16-9-12-3-4-12)11(2)7-13(10)5-6-15/h7-8,12H,3-6,9,15H2,1-2H3. The Morgan fingerprint density at radius 2 is 2.00 bits per heavy atom. The molecular weight excluding hydrogens is 198 g/mol. The molecular formula is C14H21NO. The molecule has 2 N–H and O–H groups in total. The van der Waals surface area contributed by atoms with Gasteiger partial charge in [-0.05, 0) is 68.3 Å². The zero-order valence-electron chi connectivity index (χ0n) is 10.3. The first-order valence-corrected chi connectivity index (χ1v) is 6.13. The van der Waals surface area contributed by atoms with Crippen molar-refractivity contribution in [2.24, 2.45) is 11.7 Å². The number of nitrogens with two attached hydrogens (primary N) is 1. The summed E-state index contributed by atoms with van der Waals surface area (Å²) in [7, 11) is 0. The molecule has 0 heterocycles. The van der Waals surface area contributed by atoms with Crippen LogP contribution in [0.15, 0.2) is 12.1 Å². The Balaban J connectivity index is 2.08. The van der Waals surface area contributed by atoms with E-state index in [0.29, 0.717) is 6.54 Å². The third-order valence-corrected chi connectivity index (χ3v) is 3.22. The Kier molecular flexibility index (Phi) is 3.49. The Labute approximate surface area is 97.8 Å². The van der Waals surface area contributed by atoms with Gasteiger partial charge < -0.3 is 10.5 Å². The molecule has 0 radical (unpaired) electrons. The highest BCUT2D eigenvalue weighted by molar-refractivity contribution is 5.41. The SMILES string of the molecule is Cc1cc(OCC2CC2)c(C)cc1CCN. The summed E-state index contributed by atoms with van der Waals surface area (Å²) in [5.74, 6) is 1.86. The highest BCUT2D eigenvalue weighted by atomic mass is 16.5. The van der Waals surface area contributed by atoms with Gasteiger partial charge in [0.1, 0.15) is 5.75 Å². The van der Waals surface area contributed by atoms with Crippen molar-refractivity contribution >= 4 is 0 Å². The summed E-state index contributed by atoms with van der Waals surface area (Å²) in [4.78, 5) is 0. The number of rotatable bonds is 5. The monoisotopic (exact) mass is 219 g/mol. The van der Waals surface area contributed by atoms with Crippen LogP contribution in [-0.2, 0) is 6.42 Å². The summed E-state index contributed by atoms with van der Waals surface area (Å²) in [6, 6.07) is 4.37. The van der Waals surface area contributed by atoms with Crippen LogP contribution in [0.1, 0.15) is 29.5 Å². The van der Waals surface area contributed by atoms with Crippen molar-refractivity contribution in [3.8, 4) is 5.75 Å². The minimum absolute atomic E-state index is 0.711. The summed E-state index contributed by atoms with van der Waals surface area (Å²) >= 11 is 0. The number of hydrogen-bond acceptors (Lipinski definition) is 2. The van der Waals surface area contributed by atoms with E-state index in [2.05, 4.69) is 26.0 Å². The fourth-order valence-electron chi connectivity index (χ4n) is 1.92. The molecule has 0 unspecified atom stereocenters. The zero-order chi connectivity index (χ0) is 11.5. The van der Waals surface area contributed by atoms with Crippen molar-refractivity contribution in [2.75, 3.05) is 13.2 Å². The lowest BCUT2D eigenvalue weighted by Gasteiger charge is -2.12. The molecule has 1 saturated carbocycles. The minimum atomic E-state index is 0.711. The Morgan fingerprint density at radius 3 is 2.62 bits per heavy atom. The molecule has 1 fully saturated rings. The van der Waals surface area contributed by atoms with Crippen molar-refractivity contribution in [3.05, 3.63) is 28.8 Å². The van der Waals surface area contributed by atoms with Crippen molar-refractivity contribution in [1.82, 2.24) is 0 Å². The predicted molar refractivity (Wildman–Crippen MR) is 66.9 cm³/mol. The molecule has 2 heteroatoms. The van der Waals surface area contributed by atoms with Crippen LogP contribution in [-0.4, -0.2) is 13.2 Å². The molecule has 16 heavy (non-hydrogen) atoms. The van der Waals surface area contributed by atoms with Crippen LogP contribution in [0.5, 0.6) is 5.75 Å². The van der Waals surface area contributed by atoms with Crippen molar-refractivity contribution in [3.63, 3.8) is 0 Å². The van der Waals surface area contributed by atoms with Gasteiger partial charge in [0.25, 0.3) is 0 Å². The van der Waals surface area contributed by atoms with Crippen LogP contribution in [0.3, 0.4) is 0 Å². The van der Waals surface area contributed by atoms with E-state index in [9.17, 15) is 0 Å². The van der Waals surface area contributed by atoms with Gasteiger partial charge in [-0.15, -0.1) is 0 Å². The van der Waals surface area contributed by atoms with Crippen LogP contribution in [0, 0.1) is 19.8 Å². The number of hydrogen-bond donors (Lipinski definition) is 1. The van der Waals surface area contributed by atoms with Gasteiger partial charge in [-0.25, -0.2) is 0 Å². The van der Waals surface area contributed by atoms with E-state index in [1.807, 2.05) is 0 Å². The van der Waals surface area contributed by atoms with Crippen molar-refractivity contribution < 1.29 is 4.74 Å². The van der Waals surface area contributed by atoms with Gasteiger partial charge in [0.2, 0.25) is 0 Å². The van der Waals surface area contributed by atoms with Crippen LogP contribution in [0.4, 0.5) is 0 Å². The number of aryl methyl sites for hydroxylation is 2. The summed E-state index contributed by atoms with van der Waals surface area (Å²) in [5, 5.41) is 0. The average molecular weight is 219 g/mol. The second-order valence-corrected chi connectivity index (χ2v) is 4.84. The van der Waals surface area contributed by atoms with Gasteiger partial charge in [-0.1, -0.05) is 6.07 Å². The smallest absolute Gasteiger partial charge is 0.122 e. The molecule has 0 bridgehead atoms. The fourth-order valence-corrected chi connectivity index (χ4v) is 1.92. The Bertz CT molecular complexity index is 369. The van der Waals surface area contributed by atoms with Gasteiger partial charge in [0.05, 0.1) is 6.61 Å². The first kappa shape index (κ1) is 11.5. The predicted octanol–water partition coefficient (Wildman–Crippen LogP) is 2.59. The molecule has 1 aromatic carbocycles. The summed E-state index contributed by atoms with van der Waals surface area (Å²) in [6.07, 6.45) is 3.63. The Hall–Kier alpha value is -1.02. The van der Waals surface area contributed by atoms with E-state index in [4.69, 9.17) is 10.5 Å². The lowest BCUT2D eigenvalue weighted by molar-refractivity contribution is 0.297. The van der Waals surface area contributed by atoms with Gasteiger partial charge in [0.15, 0.2) is 0 Å². The van der Waals surface area contributed by atoms with E-state index in [-0.39, 0.29) is 0 Å². The molecule has 0 amide bonds. The zero-order valence-corrected chi connectivity index (χ0v) is 10.3. The molecule has 0 aromatic heterocycles. The third-order valence-electron chi connectivity index (χ3n) is 3.22. The normalized spacial score (nSPS) is 15.2. The second kappa shape index (κ2) is 4.88. The maximum absolute atomic E-state index is 5.84. The van der Waals surface area contributed by atoms with Gasteiger partial charge >= 0.3 is 0 Å². The van der Waals surface area contributed by atoms with E-state index in [1.165, 1.54) is 29.5 Å². The third kappa shape index (κ3) is 2.76. The largest absolute Gasteiger partial charge is 0.493 e. The highest BCUT2D eigenvalue weighted by Gasteiger charge is 2.22. The molecule has 1 aromatic rings. The molecule has 1 aliphatic carbocycles. The number of ether oxygens (including phenoxy) is 1. The van der Waals surface area contributed by atoms with Crippen LogP contribution < -0.4 is 10.5 Å². The summed E-state index contributed by atoms with van der Waals surface area (Å²) in [5.41, 5.74) is 9.46. The molecule has 1 aliphatic rings. The molecule has 0 saturated heterocycles. The first-order valence-electron chi connectivity index (χ1n) is 6.13. The summed E-state index contributed by atoms with van der Waals surface area (Å²) in [6.45, 7) is 5.84.